The van der Waals surface area contributed by atoms with E-state index in [1.54, 1.807) is 30.4 Å². The van der Waals surface area contributed by atoms with Gasteiger partial charge in [-0.1, -0.05) is 35.5 Å². The molecular formula is C22H19N3O3. The zero-order valence-electron chi connectivity index (χ0n) is 15.6. The minimum absolute atomic E-state index is 0.143. The van der Waals surface area contributed by atoms with Crippen molar-refractivity contribution < 1.29 is 13.7 Å². The van der Waals surface area contributed by atoms with E-state index in [9.17, 15) is 4.79 Å². The van der Waals surface area contributed by atoms with Crippen molar-refractivity contribution in [3.63, 3.8) is 0 Å². The summed E-state index contributed by atoms with van der Waals surface area (Å²) in [4.78, 5) is 18.7. The molecule has 0 atom stereocenters. The number of carbonyl (C=O) groups is 1. The molecule has 3 aromatic heterocycles. The van der Waals surface area contributed by atoms with Crippen LogP contribution >= 0.6 is 0 Å². The Kier molecular flexibility index (Phi) is 4.76. The zero-order valence-corrected chi connectivity index (χ0v) is 15.6. The number of aromatic nitrogens is 2. The van der Waals surface area contributed by atoms with Gasteiger partial charge < -0.3 is 13.8 Å². The summed E-state index contributed by atoms with van der Waals surface area (Å²) in [6.07, 6.45) is 3.42. The SMILES string of the molecule is Cc1cc(C(=O)N(C)Cc2cc(-c3cccnc3)no2)c(-c2ccccc2)o1. The van der Waals surface area contributed by atoms with E-state index >= 15 is 0 Å². The topological polar surface area (TPSA) is 72.4 Å². The first-order valence-electron chi connectivity index (χ1n) is 8.89. The fraction of sp³-hybridized carbons (Fsp3) is 0.136. The third-order valence-electron chi connectivity index (χ3n) is 4.38. The molecule has 0 fully saturated rings. The molecule has 0 saturated carbocycles. The highest BCUT2D eigenvalue weighted by atomic mass is 16.5. The van der Waals surface area contributed by atoms with Crippen LogP contribution in [0.15, 0.2) is 75.9 Å². The van der Waals surface area contributed by atoms with Crippen molar-refractivity contribution in [2.45, 2.75) is 13.5 Å². The lowest BCUT2D eigenvalue weighted by molar-refractivity contribution is 0.0772. The lowest BCUT2D eigenvalue weighted by Gasteiger charge is -2.15. The Morgan fingerprint density at radius 2 is 1.86 bits per heavy atom. The molecule has 4 rings (SSSR count). The van der Waals surface area contributed by atoms with Crippen molar-refractivity contribution in [2.75, 3.05) is 7.05 Å². The van der Waals surface area contributed by atoms with Gasteiger partial charge in [0.1, 0.15) is 17.2 Å². The molecule has 28 heavy (non-hydrogen) atoms. The molecule has 6 nitrogen and oxygen atoms in total. The standard InChI is InChI=1S/C22H19N3O3/c1-15-11-19(21(27-15)16-7-4-3-5-8-16)22(26)25(2)14-18-12-20(24-28-18)17-9-6-10-23-13-17/h3-13H,14H2,1-2H3. The normalized spacial score (nSPS) is 10.8. The highest BCUT2D eigenvalue weighted by molar-refractivity contribution is 5.99. The molecule has 1 amide bonds. The Morgan fingerprint density at radius 1 is 1.07 bits per heavy atom. The Labute approximate surface area is 162 Å². The van der Waals surface area contributed by atoms with Gasteiger partial charge in [-0.05, 0) is 25.1 Å². The molecule has 0 aliphatic rings. The van der Waals surface area contributed by atoms with E-state index in [2.05, 4.69) is 10.1 Å². The fourth-order valence-corrected chi connectivity index (χ4v) is 3.03. The zero-order chi connectivity index (χ0) is 19.5. The molecule has 4 aromatic rings. The molecule has 0 saturated heterocycles. The van der Waals surface area contributed by atoms with Gasteiger partial charge in [-0.3, -0.25) is 9.78 Å². The maximum atomic E-state index is 13.0. The number of furan rings is 1. The molecule has 0 bridgehead atoms. The van der Waals surface area contributed by atoms with Gasteiger partial charge in [0.2, 0.25) is 0 Å². The van der Waals surface area contributed by atoms with Gasteiger partial charge >= 0.3 is 0 Å². The number of benzene rings is 1. The van der Waals surface area contributed by atoms with Crippen LogP contribution in [0.1, 0.15) is 21.9 Å². The number of hydrogen-bond donors (Lipinski definition) is 0. The fourth-order valence-electron chi connectivity index (χ4n) is 3.03. The van der Waals surface area contributed by atoms with Gasteiger partial charge in [0.05, 0.1) is 12.1 Å². The quantitative estimate of drug-likeness (QED) is 0.512. The monoisotopic (exact) mass is 373 g/mol. The summed E-state index contributed by atoms with van der Waals surface area (Å²) in [6.45, 7) is 2.13. The number of hydrogen-bond acceptors (Lipinski definition) is 5. The Bertz CT molecular complexity index is 1080. The maximum absolute atomic E-state index is 13.0. The smallest absolute Gasteiger partial charge is 0.257 e. The van der Waals surface area contributed by atoms with Crippen molar-refractivity contribution in [3.05, 3.63) is 84.1 Å². The summed E-state index contributed by atoms with van der Waals surface area (Å²) < 4.78 is 11.2. The van der Waals surface area contributed by atoms with E-state index < -0.39 is 0 Å². The van der Waals surface area contributed by atoms with E-state index in [-0.39, 0.29) is 5.91 Å². The molecular weight excluding hydrogens is 354 g/mol. The second-order valence-electron chi connectivity index (χ2n) is 6.55. The van der Waals surface area contributed by atoms with Gasteiger partial charge in [-0.2, -0.15) is 0 Å². The number of rotatable bonds is 5. The molecule has 0 aliphatic carbocycles. The van der Waals surface area contributed by atoms with Crippen molar-refractivity contribution in [1.29, 1.82) is 0 Å². The van der Waals surface area contributed by atoms with Gasteiger partial charge in [0.25, 0.3) is 5.91 Å². The molecule has 0 N–H and O–H groups in total. The highest BCUT2D eigenvalue weighted by Gasteiger charge is 2.22. The van der Waals surface area contributed by atoms with E-state index in [0.29, 0.717) is 35.1 Å². The number of pyridine rings is 1. The number of carbonyl (C=O) groups excluding carboxylic acids is 1. The molecule has 0 spiro atoms. The molecule has 1 aromatic carbocycles. The minimum Gasteiger partial charge on any atom is -0.461 e. The highest BCUT2D eigenvalue weighted by Crippen LogP contribution is 2.28. The Morgan fingerprint density at radius 3 is 2.61 bits per heavy atom. The first kappa shape index (κ1) is 17.7. The predicted octanol–water partition coefficient (Wildman–Crippen LogP) is 4.58. The Balaban J connectivity index is 1.54. The second-order valence-corrected chi connectivity index (χ2v) is 6.55. The summed E-state index contributed by atoms with van der Waals surface area (Å²) in [5, 5.41) is 4.07. The van der Waals surface area contributed by atoms with Crippen LogP contribution in [0.4, 0.5) is 0 Å². The average molecular weight is 373 g/mol. The van der Waals surface area contributed by atoms with Crippen molar-refractivity contribution in [3.8, 4) is 22.6 Å². The van der Waals surface area contributed by atoms with Crippen LogP contribution in [0.3, 0.4) is 0 Å². The summed E-state index contributed by atoms with van der Waals surface area (Å²) >= 11 is 0. The van der Waals surface area contributed by atoms with E-state index in [0.717, 1.165) is 11.1 Å². The molecule has 0 aliphatic heterocycles. The number of nitrogens with zero attached hydrogens (tertiary/aromatic N) is 3. The summed E-state index contributed by atoms with van der Waals surface area (Å²) in [7, 11) is 1.73. The maximum Gasteiger partial charge on any atom is 0.257 e. The molecule has 3 heterocycles. The summed E-state index contributed by atoms with van der Waals surface area (Å²) in [6, 6.07) is 16.9. The van der Waals surface area contributed by atoms with Crippen LogP contribution in [0.25, 0.3) is 22.6 Å². The number of aryl methyl sites for hydroxylation is 1. The van der Waals surface area contributed by atoms with Crippen molar-refractivity contribution in [2.24, 2.45) is 0 Å². The van der Waals surface area contributed by atoms with E-state index in [1.807, 2.05) is 55.5 Å². The van der Waals surface area contributed by atoms with Gasteiger partial charge in [0.15, 0.2) is 5.76 Å². The van der Waals surface area contributed by atoms with Gasteiger partial charge in [-0.15, -0.1) is 0 Å². The summed E-state index contributed by atoms with van der Waals surface area (Å²) in [5.41, 5.74) is 2.94. The van der Waals surface area contributed by atoms with Crippen LogP contribution in [-0.4, -0.2) is 28.0 Å². The first-order chi connectivity index (χ1) is 13.6. The number of amides is 1. The van der Waals surface area contributed by atoms with Crippen molar-refractivity contribution in [1.82, 2.24) is 15.0 Å². The van der Waals surface area contributed by atoms with Crippen molar-refractivity contribution >= 4 is 5.91 Å². The average Bonchev–Trinajstić information content (AvgIpc) is 3.35. The largest absolute Gasteiger partial charge is 0.461 e. The minimum atomic E-state index is -0.143. The molecule has 0 unspecified atom stereocenters. The summed E-state index contributed by atoms with van der Waals surface area (Å²) in [5.74, 6) is 1.71. The van der Waals surface area contributed by atoms with Gasteiger partial charge in [0, 0.05) is 36.6 Å². The lowest BCUT2D eigenvalue weighted by Crippen LogP contribution is -2.26. The van der Waals surface area contributed by atoms with Crippen LogP contribution in [0, 0.1) is 6.92 Å². The lowest BCUT2D eigenvalue weighted by atomic mass is 10.1. The molecule has 0 radical (unpaired) electrons. The first-order valence-corrected chi connectivity index (χ1v) is 8.89. The van der Waals surface area contributed by atoms with Crippen LogP contribution in [0.2, 0.25) is 0 Å². The third-order valence-corrected chi connectivity index (χ3v) is 4.38. The second kappa shape index (κ2) is 7.52. The van der Waals surface area contributed by atoms with Crippen LogP contribution in [-0.2, 0) is 6.54 Å². The van der Waals surface area contributed by atoms with Gasteiger partial charge in [-0.25, -0.2) is 0 Å². The predicted molar refractivity (Wildman–Crippen MR) is 104 cm³/mol. The van der Waals surface area contributed by atoms with E-state index in [1.165, 1.54) is 0 Å². The van der Waals surface area contributed by atoms with Crippen LogP contribution < -0.4 is 0 Å². The van der Waals surface area contributed by atoms with Crippen LogP contribution in [0.5, 0.6) is 0 Å². The molecule has 140 valence electrons. The third kappa shape index (κ3) is 3.57. The molecule has 6 heteroatoms. The Hall–Kier alpha value is -3.67. The van der Waals surface area contributed by atoms with E-state index in [4.69, 9.17) is 8.94 Å².